The molecule has 26 heteroatoms. The Labute approximate surface area is 414 Å². The Morgan fingerprint density at radius 3 is 0.867 bits per heavy atom. The van der Waals surface area contributed by atoms with Gasteiger partial charge in [0.05, 0.1) is 0 Å². The van der Waals surface area contributed by atoms with E-state index in [1.54, 1.807) is 7.11 Å². The Kier molecular flexibility index (Phi) is 18.8. The fourth-order valence-electron chi connectivity index (χ4n) is 7.79. The Morgan fingerprint density at radius 2 is 0.560 bits per heavy atom. The van der Waals surface area contributed by atoms with Crippen LogP contribution in [0.1, 0.15) is 0 Å². The number of methoxy groups -OCH3 is 1. The van der Waals surface area contributed by atoms with Crippen molar-refractivity contribution in [2.45, 2.75) is 0 Å². The number of hydrogen-bond acceptors (Lipinski definition) is 4. The Balaban J connectivity index is 0.000000264. The molecule has 0 aliphatic rings. The van der Waals surface area contributed by atoms with Crippen LogP contribution in [0.25, 0.3) is 0 Å². The van der Waals surface area contributed by atoms with E-state index in [4.69, 9.17) is 18.9 Å². The molecule has 7 aromatic carbocycles. The standard InChI is InChI=1S/C25H29O4Se.C24BF20/c1-26-16-17-27-18-19-28-20-21-29-24-14-8-9-15-25(24)30(22-10-4-2-5-11-22)23-12-6-3-7-13-23;26-5-1(6(27)14(35)21(42)13(5)34)25(2-7(28)15(36)22(43)16(37)8(2)29,3-9(30)17(38)23(44)18(39)10(3)31)4-11(32)19(40)24(45)20(41)12(4)33/h2-15H,16-21H2,1H3;/q+1;-1. The first kappa shape index (κ1) is 57.7. The molecule has 75 heavy (non-hydrogen) atoms. The van der Waals surface area contributed by atoms with Crippen LogP contribution < -0.4 is 40.0 Å². The summed E-state index contributed by atoms with van der Waals surface area (Å²) in [6, 6.07) is 29.9. The molecule has 4 nitrogen and oxygen atoms in total. The molecule has 0 N–H and O–H groups in total. The summed E-state index contributed by atoms with van der Waals surface area (Å²) in [5.74, 6) is -70.5. The SMILES string of the molecule is COCCOCCOCCOc1ccccc1[Se+](c1ccccc1)c1ccccc1.Fc1c(F)c(F)c([B-](c2c(F)c(F)c(F)c(F)c2F)(c2c(F)c(F)c(F)c(F)c2F)c2c(F)c(F)c(F)c(F)c2F)c(F)c1F. The predicted octanol–water partition coefficient (Wildman–Crippen LogP) is 8.11. The number of hydrogen-bond donors (Lipinski definition) is 0. The van der Waals surface area contributed by atoms with Crippen molar-refractivity contribution in [2.24, 2.45) is 0 Å². The van der Waals surface area contributed by atoms with Crippen molar-refractivity contribution in [1.29, 1.82) is 0 Å². The van der Waals surface area contributed by atoms with Gasteiger partial charge in [-0.15, -0.1) is 21.9 Å². The van der Waals surface area contributed by atoms with Crippen LogP contribution in [-0.4, -0.2) is 66.8 Å². The summed E-state index contributed by atoms with van der Waals surface area (Å²) >= 11 is -1.45. The monoisotopic (exact) mass is 1150 g/mol. The molecule has 7 rings (SSSR count). The first-order valence-electron chi connectivity index (χ1n) is 21.0. The Bertz CT molecular complexity index is 2790. The average molecular weight is 1150 g/mol. The third-order valence-corrected chi connectivity index (χ3v) is 15.8. The van der Waals surface area contributed by atoms with Gasteiger partial charge in [-0.1, -0.05) is 0 Å². The van der Waals surface area contributed by atoms with Gasteiger partial charge in [0, 0.05) is 7.11 Å². The Morgan fingerprint density at radius 1 is 0.307 bits per heavy atom. The maximum absolute atomic E-state index is 15.4. The second-order valence-electron chi connectivity index (χ2n) is 15.2. The van der Waals surface area contributed by atoms with Gasteiger partial charge in [-0.3, -0.25) is 0 Å². The molecule has 0 bridgehead atoms. The van der Waals surface area contributed by atoms with E-state index in [9.17, 15) is 52.7 Å². The number of ether oxygens (including phenoxy) is 4. The van der Waals surface area contributed by atoms with Crippen LogP contribution >= 0.6 is 0 Å². The van der Waals surface area contributed by atoms with Gasteiger partial charge in [-0.25, -0.2) is 87.8 Å². The van der Waals surface area contributed by atoms with Crippen LogP contribution in [0.4, 0.5) is 87.8 Å². The molecule has 0 heterocycles. The van der Waals surface area contributed by atoms with Gasteiger partial charge in [-0.05, 0) is 0 Å². The minimum atomic E-state index is -7.22. The van der Waals surface area contributed by atoms with Crippen LogP contribution in [-0.2, 0) is 14.2 Å². The van der Waals surface area contributed by atoms with E-state index in [1.807, 2.05) is 6.07 Å². The zero-order valence-corrected chi connectivity index (χ0v) is 39.2. The van der Waals surface area contributed by atoms with Crippen LogP contribution in [0, 0.1) is 116 Å². The number of halogens is 20. The van der Waals surface area contributed by atoms with E-state index in [2.05, 4.69) is 78.9 Å². The van der Waals surface area contributed by atoms with Gasteiger partial charge >= 0.3 is 177 Å². The van der Waals surface area contributed by atoms with E-state index >= 15 is 35.1 Å². The minimum absolute atomic E-state index is 0.511. The maximum Gasteiger partial charge on any atom is 0.200 e. The van der Waals surface area contributed by atoms with Crippen molar-refractivity contribution in [3.05, 3.63) is 201 Å². The zero-order valence-electron chi connectivity index (χ0n) is 37.5. The molecule has 398 valence electrons. The maximum atomic E-state index is 15.4. The molecule has 0 saturated heterocycles. The normalized spacial score (nSPS) is 11.6. The van der Waals surface area contributed by atoms with Gasteiger partial charge in [0.2, 0.25) is 0 Å². The molecule has 0 atom stereocenters. The van der Waals surface area contributed by atoms with Crippen molar-refractivity contribution in [1.82, 2.24) is 0 Å². The number of benzene rings is 7. The summed E-state index contributed by atoms with van der Waals surface area (Å²) in [6.45, 7) is 3.36. The quantitative estimate of drug-likeness (QED) is 0.0304. The van der Waals surface area contributed by atoms with Crippen LogP contribution in [0.5, 0.6) is 5.75 Å². The van der Waals surface area contributed by atoms with Crippen molar-refractivity contribution >= 4 is 55.3 Å². The van der Waals surface area contributed by atoms with E-state index in [1.165, 1.54) is 13.4 Å². The molecule has 0 fully saturated rings. The first-order valence-corrected chi connectivity index (χ1v) is 23.6. The molecular formula is C49H29BF20O4Se. The third-order valence-electron chi connectivity index (χ3n) is 11.0. The van der Waals surface area contributed by atoms with E-state index in [-0.39, 0.29) is 0 Å². The average Bonchev–Trinajstić information content (AvgIpc) is 3.41. The number of para-hydroxylation sites is 1. The van der Waals surface area contributed by atoms with Crippen molar-refractivity contribution in [3.8, 4) is 5.75 Å². The van der Waals surface area contributed by atoms with E-state index in [0.717, 1.165) is 5.75 Å². The summed E-state index contributed by atoms with van der Waals surface area (Å²) in [5, 5.41) is 0. The van der Waals surface area contributed by atoms with Gasteiger partial charge in [0.15, 0.2) is 69.8 Å². The zero-order chi connectivity index (χ0) is 55.2. The predicted molar refractivity (Wildman–Crippen MR) is 232 cm³/mol. The Hall–Kier alpha value is -6.60. The molecule has 7 aromatic rings. The second-order valence-corrected chi connectivity index (χ2v) is 19.4. The van der Waals surface area contributed by atoms with Gasteiger partial charge in [0.25, 0.3) is 0 Å². The van der Waals surface area contributed by atoms with Gasteiger partial charge < -0.3 is 0 Å². The van der Waals surface area contributed by atoms with Crippen LogP contribution in [0.3, 0.4) is 0 Å². The summed E-state index contributed by atoms with van der Waals surface area (Å²) in [5.41, 5.74) is -14.3. The topological polar surface area (TPSA) is 36.9 Å². The van der Waals surface area contributed by atoms with E-state index < -0.39 is 158 Å². The van der Waals surface area contributed by atoms with Gasteiger partial charge in [-0.2, -0.15) is 0 Å². The molecule has 0 aliphatic heterocycles. The van der Waals surface area contributed by atoms with Crippen LogP contribution in [0.15, 0.2) is 84.9 Å². The molecule has 0 radical (unpaired) electrons. The molecule has 0 aromatic heterocycles. The molecule has 0 spiro atoms. The number of rotatable bonds is 17. The van der Waals surface area contributed by atoms with E-state index in [0.29, 0.717) is 39.6 Å². The molecule has 0 unspecified atom stereocenters. The van der Waals surface area contributed by atoms with Gasteiger partial charge in [0.1, 0.15) is 52.7 Å². The molecular weight excluding hydrogens is 1120 g/mol. The summed E-state index contributed by atoms with van der Waals surface area (Å²) < 4.78 is 320. The molecule has 0 amide bonds. The van der Waals surface area contributed by atoms with Crippen molar-refractivity contribution < 1.29 is 107 Å². The minimum Gasteiger partial charge on any atom is -0.207 e. The second kappa shape index (κ2) is 24.4. The molecule has 0 aliphatic carbocycles. The fraction of sp³-hybridized carbons (Fsp3) is 0.143. The summed E-state index contributed by atoms with van der Waals surface area (Å²) in [6.07, 6.45) is -7.22. The summed E-state index contributed by atoms with van der Waals surface area (Å²) in [7, 11) is 1.66. The summed E-state index contributed by atoms with van der Waals surface area (Å²) in [4.78, 5) is 0. The third kappa shape index (κ3) is 10.8. The van der Waals surface area contributed by atoms with Crippen molar-refractivity contribution in [2.75, 3.05) is 46.8 Å². The van der Waals surface area contributed by atoms with Crippen LogP contribution in [0.2, 0.25) is 0 Å². The first-order chi connectivity index (χ1) is 35.6. The van der Waals surface area contributed by atoms with Crippen molar-refractivity contribution in [3.63, 3.8) is 0 Å². The smallest absolute Gasteiger partial charge is 0.200 e. The largest absolute Gasteiger partial charge is 0.207 e. The fourth-order valence-corrected chi connectivity index (χ4v) is 12.4. The molecule has 0 saturated carbocycles.